The first-order valence-corrected chi connectivity index (χ1v) is 9.23. The molecule has 3 rings (SSSR count). The number of carbonyl (C=O) groups excluding carboxylic acids is 1. The molecule has 2 N–H and O–H groups in total. The van der Waals surface area contributed by atoms with Gasteiger partial charge in [-0.1, -0.05) is 34.8 Å². The minimum absolute atomic E-state index is 0.0543. The maximum absolute atomic E-state index is 11.5. The minimum Gasteiger partial charge on any atom is -0.421 e. The Morgan fingerprint density at radius 3 is 2.38 bits per heavy atom. The van der Waals surface area contributed by atoms with E-state index in [1.807, 2.05) is 6.07 Å². The van der Waals surface area contributed by atoms with Crippen LogP contribution in [0.25, 0.3) is 0 Å². The van der Waals surface area contributed by atoms with E-state index in [9.17, 15) is 4.79 Å². The number of halogens is 3. The Morgan fingerprint density at radius 2 is 1.79 bits per heavy atom. The third-order valence-electron chi connectivity index (χ3n) is 3.51. The van der Waals surface area contributed by atoms with Crippen LogP contribution in [-0.2, 0) is 4.79 Å². The second-order valence-electron chi connectivity index (χ2n) is 5.71. The van der Waals surface area contributed by atoms with Gasteiger partial charge in [0.05, 0.1) is 27.9 Å². The minimum atomic E-state index is -0.297. The third kappa shape index (κ3) is 5.27. The SMILES string of the molecule is CC(=O)Nc1cnc(Oc2c(Cl)cc(Cl)cc2Cl)nc1Nc1ccc(C#N)cc1. The highest BCUT2D eigenvalue weighted by Gasteiger charge is 2.15. The molecule has 0 atom stereocenters. The molecule has 1 heterocycles. The first-order valence-electron chi connectivity index (χ1n) is 8.10. The van der Waals surface area contributed by atoms with Crippen molar-refractivity contribution in [2.24, 2.45) is 0 Å². The number of hydrogen-bond acceptors (Lipinski definition) is 6. The van der Waals surface area contributed by atoms with E-state index in [1.165, 1.54) is 25.3 Å². The van der Waals surface area contributed by atoms with Crippen molar-refractivity contribution < 1.29 is 9.53 Å². The van der Waals surface area contributed by atoms with Crippen LogP contribution in [0.4, 0.5) is 17.2 Å². The maximum Gasteiger partial charge on any atom is 0.324 e. The Bertz CT molecular complexity index is 1090. The number of nitrogens with one attached hydrogen (secondary N) is 2. The van der Waals surface area contributed by atoms with Gasteiger partial charge in [0.25, 0.3) is 0 Å². The molecule has 0 bridgehead atoms. The zero-order valence-electron chi connectivity index (χ0n) is 14.8. The summed E-state index contributed by atoms with van der Waals surface area (Å²) in [6, 6.07) is 11.6. The van der Waals surface area contributed by atoms with E-state index in [1.54, 1.807) is 24.3 Å². The Morgan fingerprint density at radius 1 is 1.14 bits per heavy atom. The summed E-state index contributed by atoms with van der Waals surface area (Å²) in [7, 11) is 0. The van der Waals surface area contributed by atoms with E-state index >= 15 is 0 Å². The van der Waals surface area contributed by atoms with Gasteiger partial charge >= 0.3 is 6.01 Å². The molecule has 0 saturated carbocycles. The highest BCUT2D eigenvalue weighted by molar-refractivity contribution is 6.40. The zero-order valence-corrected chi connectivity index (χ0v) is 17.1. The van der Waals surface area contributed by atoms with Crippen molar-refractivity contribution in [1.29, 1.82) is 5.26 Å². The predicted octanol–water partition coefficient (Wildman–Crippen LogP) is 5.80. The smallest absolute Gasteiger partial charge is 0.324 e. The van der Waals surface area contributed by atoms with Gasteiger partial charge in [-0.15, -0.1) is 0 Å². The van der Waals surface area contributed by atoms with Gasteiger partial charge in [-0.25, -0.2) is 4.98 Å². The summed E-state index contributed by atoms with van der Waals surface area (Å²) in [6.07, 6.45) is 1.38. The van der Waals surface area contributed by atoms with Crippen molar-refractivity contribution in [2.75, 3.05) is 10.6 Å². The lowest BCUT2D eigenvalue weighted by molar-refractivity contribution is -0.114. The zero-order chi connectivity index (χ0) is 21.0. The fourth-order valence-corrected chi connectivity index (χ4v) is 3.17. The average molecular weight is 449 g/mol. The Labute approximate surface area is 181 Å². The molecule has 0 unspecified atom stereocenters. The Kier molecular flexibility index (Phi) is 6.39. The standard InChI is InChI=1S/C19H12Cl3N5O2/c1-10(28)25-16-9-24-19(29-17-14(21)6-12(20)7-15(17)22)27-18(16)26-13-4-2-11(8-23)3-5-13/h2-7,9H,1H3,(H,25,28)(H,24,26,27). The second kappa shape index (κ2) is 8.97. The normalized spacial score (nSPS) is 10.2. The van der Waals surface area contributed by atoms with Gasteiger partial charge in [-0.2, -0.15) is 10.2 Å². The summed E-state index contributed by atoms with van der Waals surface area (Å²) in [5.74, 6) is 0.124. The van der Waals surface area contributed by atoms with Gasteiger partial charge in [0.1, 0.15) is 5.69 Å². The molecule has 2 aromatic carbocycles. The van der Waals surface area contributed by atoms with Crippen LogP contribution < -0.4 is 15.4 Å². The van der Waals surface area contributed by atoms with Crippen LogP contribution in [0.2, 0.25) is 15.1 Å². The molecule has 0 fully saturated rings. The number of rotatable bonds is 5. The first-order chi connectivity index (χ1) is 13.9. The monoisotopic (exact) mass is 447 g/mol. The number of carbonyl (C=O) groups is 1. The van der Waals surface area contributed by atoms with Gasteiger partial charge in [-0.3, -0.25) is 4.79 Å². The summed E-state index contributed by atoms with van der Waals surface area (Å²) in [5, 5.41) is 15.3. The van der Waals surface area contributed by atoms with E-state index in [-0.39, 0.29) is 33.5 Å². The first kappa shape index (κ1) is 20.7. The van der Waals surface area contributed by atoms with E-state index in [0.717, 1.165) is 0 Å². The van der Waals surface area contributed by atoms with Crippen LogP contribution in [0.3, 0.4) is 0 Å². The molecule has 0 saturated heterocycles. The average Bonchev–Trinajstić information content (AvgIpc) is 2.67. The van der Waals surface area contributed by atoms with Crippen molar-refractivity contribution in [3.63, 3.8) is 0 Å². The van der Waals surface area contributed by atoms with Gasteiger partial charge in [0.2, 0.25) is 5.91 Å². The number of hydrogen-bond donors (Lipinski definition) is 2. The van der Waals surface area contributed by atoms with Gasteiger partial charge in [0, 0.05) is 17.6 Å². The van der Waals surface area contributed by atoms with E-state index in [4.69, 9.17) is 44.8 Å². The van der Waals surface area contributed by atoms with Crippen molar-refractivity contribution in [3.05, 3.63) is 63.2 Å². The molecule has 0 aliphatic heterocycles. The maximum atomic E-state index is 11.5. The van der Waals surface area contributed by atoms with Gasteiger partial charge < -0.3 is 15.4 Å². The number of benzene rings is 2. The Hall–Kier alpha value is -3.05. The molecule has 3 aromatic rings. The summed E-state index contributed by atoms with van der Waals surface area (Å²) in [4.78, 5) is 19.9. The highest BCUT2D eigenvalue weighted by Crippen LogP contribution is 2.38. The summed E-state index contributed by atoms with van der Waals surface area (Å²) in [6.45, 7) is 1.36. The van der Waals surface area contributed by atoms with Gasteiger partial charge in [0.15, 0.2) is 11.6 Å². The molecule has 1 amide bonds. The number of amides is 1. The van der Waals surface area contributed by atoms with Crippen LogP contribution >= 0.6 is 34.8 Å². The summed E-state index contributed by atoms with van der Waals surface area (Å²) >= 11 is 18.2. The fourth-order valence-electron chi connectivity index (χ4n) is 2.27. The lowest BCUT2D eigenvalue weighted by Crippen LogP contribution is -2.10. The van der Waals surface area contributed by atoms with Crippen molar-refractivity contribution >= 4 is 57.9 Å². The highest BCUT2D eigenvalue weighted by atomic mass is 35.5. The number of ether oxygens (including phenoxy) is 1. The number of aromatic nitrogens is 2. The number of anilines is 3. The Balaban J connectivity index is 1.95. The molecular formula is C19H12Cl3N5O2. The van der Waals surface area contributed by atoms with Crippen molar-refractivity contribution in [3.8, 4) is 17.8 Å². The van der Waals surface area contributed by atoms with Crippen LogP contribution in [0.15, 0.2) is 42.6 Å². The lowest BCUT2D eigenvalue weighted by Gasteiger charge is -2.13. The number of nitrogens with zero attached hydrogens (tertiary/aromatic N) is 3. The molecule has 7 nitrogen and oxygen atoms in total. The summed E-state index contributed by atoms with van der Waals surface area (Å²) in [5.41, 5.74) is 1.49. The molecule has 0 aliphatic carbocycles. The van der Waals surface area contributed by atoms with Crippen molar-refractivity contribution in [2.45, 2.75) is 6.92 Å². The third-order valence-corrected chi connectivity index (χ3v) is 4.29. The summed E-state index contributed by atoms with van der Waals surface area (Å²) < 4.78 is 5.63. The molecule has 0 radical (unpaired) electrons. The fraction of sp³-hybridized carbons (Fsp3) is 0.0526. The van der Waals surface area contributed by atoms with Crippen molar-refractivity contribution in [1.82, 2.24) is 9.97 Å². The van der Waals surface area contributed by atoms with E-state index in [0.29, 0.717) is 22.0 Å². The largest absolute Gasteiger partial charge is 0.421 e. The van der Waals surface area contributed by atoms with Crippen LogP contribution in [0.5, 0.6) is 11.8 Å². The predicted molar refractivity (Wildman–Crippen MR) is 112 cm³/mol. The van der Waals surface area contributed by atoms with Crippen LogP contribution in [0, 0.1) is 11.3 Å². The second-order valence-corrected chi connectivity index (χ2v) is 6.96. The molecule has 29 heavy (non-hydrogen) atoms. The number of nitriles is 1. The quantitative estimate of drug-likeness (QED) is 0.511. The molecule has 0 aliphatic rings. The lowest BCUT2D eigenvalue weighted by atomic mass is 10.2. The van der Waals surface area contributed by atoms with E-state index < -0.39 is 0 Å². The van der Waals surface area contributed by atoms with Crippen LogP contribution in [-0.4, -0.2) is 15.9 Å². The molecule has 146 valence electrons. The molecule has 1 aromatic heterocycles. The van der Waals surface area contributed by atoms with E-state index in [2.05, 4.69) is 20.6 Å². The van der Waals surface area contributed by atoms with Crippen LogP contribution in [0.1, 0.15) is 12.5 Å². The van der Waals surface area contributed by atoms with Gasteiger partial charge in [-0.05, 0) is 36.4 Å². The molecular weight excluding hydrogens is 437 g/mol. The topological polar surface area (TPSA) is 99.9 Å². The molecule has 0 spiro atoms. The molecule has 10 heteroatoms.